The van der Waals surface area contributed by atoms with Gasteiger partial charge in [0.15, 0.2) is 0 Å². The van der Waals surface area contributed by atoms with Gasteiger partial charge in [-0.15, -0.1) is 12.4 Å². The average molecular weight is 268 g/mol. The molecule has 3 nitrogen and oxygen atoms in total. The van der Waals surface area contributed by atoms with E-state index >= 15 is 0 Å². The Labute approximate surface area is 104 Å². The molecule has 0 saturated carbocycles. The van der Waals surface area contributed by atoms with Crippen molar-refractivity contribution in [3.63, 3.8) is 0 Å². The second-order valence-electron chi connectivity index (χ2n) is 3.06. The zero-order valence-corrected chi connectivity index (χ0v) is 10.1. The van der Waals surface area contributed by atoms with Gasteiger partial charge in [0, 0.05) is 6.04 Å². The van der Waals surface area contributed by atoms with Gasteiger partial charge in [0.25, 0.3) is 0 Å². The van der Waals surface area contributed by atoms with Crippen molar-refractivity contribution in [2.75, 3.05) is 7.11 Å². The Hall–Kier alpha value is -0.840. The highest BCUT2D eigenvalue weighted by atomic mass is 35.5. The number of benzene rings is 1. The third-order valence-corrected chi connectivity index (χ3v) is 2.29. The maximum absolute atomic E-state index is 13.1. The molecule has 90 valence electrons. The Morgan fingerprint density at radius 2 is 2.25 bits per heavy atom. The quantitative estimate of drug-likeness (QED) is 0.857. The lowest BCUT2D eigenvalue weighted by Gasteiger charge is -2.10. The zero-order chi connectivity index (χ0) is 11.4. The molecule has 0 aliphatic heterocycles. The minimum absolute atomic E-state index is 0. The van der Waals surface area contributed by atoms with Gasteiger partial charge < -0.3 is 10.5 Å². The van der Waals surface area contributed by atoms with Crippen molar-refractivity contribution in [1.82, 2.24) is 0 Å². The first-order valence-electron chi connectivity index (χ1n) is 4.32. The summed E-state index contributed by atoms with van der Waals surface area (Å²) in [6.07, 6.45) is 0.0115. The van der Waals surface area contributed by atoms with Crippen molar-refractivity contribution in [3.05, 3.63) is 34.6 Å². The molecule has 1 aromatic carbocycles. The third-order valence-electron chi connectivity index (χ3n) is 1.99. The Morgan fingerprint density at radius 3 is 2.75 bits per heavy atom. The van der Waals surface area contributed by atoms with E-state index in [4.69, 9.17) is 17.3 Å². The highest BCUT2D eigenvalue weighted by Gasteiger charge is 2.13. The van der Waals surface area contributed by atoms with Gasteiger partial charge in [-0.2, -0.15) is 0 Å². The molecule has 0 amide bonds. The van der Waals surface area contributed by atoms with E-state index in [0.717, 1.165) is 0 Å². The predicted molar refractivity (Wildman–Crippen MR) is 62.2 cm³/mol. The molecule has 0 aliphatic rings. The van der Waals surface area contributed by atoms with E-state index in [1.807, 2.05) is 0 Å². The van der Waals surface area contributed by atoms with Gasteiger partial charge in [-0.25, -0.2) is 4.39 Å². The van der Waals surface area contributed by atoms with Crippen LogP contribution in [-0.4, -0.2) is 13.1 Å². The van der Waals surface area contributed by atoms with Crippen LogP contribution >= 0.6 is 24.0 Å². The van der Waals surface area contributed by atoms with E-state index in [0.29, 0.717) is 5.56 Å². The van der Waals surface area contributed by atoms with Crippen molar-refractivity contribution >= 4 is 30.0 Å². The van der Waals surface area contributed by atoms with Gasteiger partial charge in [0.1, 0.15) is 5.82 Å². The number of rotatable bonds is 3. The molecular formula is C10H12Cl2FNO2. The first-order valence-corrected chi connectivity index (χ1v) is 4.69. The third kappa shape index (κ3) is 3.96. The molecule has 0 heterocycles. The summed E-state index contributed by atoms with van der Waals surface area (Å²) in [7, 11) is 1.28. The van der Waals surface area contributed by atoms with Crippen LogP contribution in [-0.2, 0) is 9.53 Å². The van der Waals surface area contributed by atoms with E-state index in [1.165, 1.54) is 19.2 Å². The first kappa shape index (κ1) is 15.2. The lowest BCUT2D eigenvalue weighted by atomic mass is 10.0. The molecule has 1 aromatic rings. The number of ether oxygens (including phenoxy) is 1. The van der Waals surface area contributed by atoms with Crippen molar-refractivity contribution in [2.24, 2.45) is 5.73 Å². The smallest absolute Gasteiger partial charge is 0.307 e. The molecule has 0 radical (unpaired) electrons. The summed E-state index contributed by atoms with van der Waals surface area (Å²) in [4.78, 5) is 10.9. The Kier molecular flexibility index (Phi) is 6.33. The highest BCUT2D eigenvalue weighted by molar-refractivity contribution is 6.30. The average Bonchev–Trinajstić information content (AvgIpc) is 2.21. The molecule has 0 aromatic heterocycles. The molecule has 0 aliphatic carbocycles. The zero-order valence-electron chi connectivity index (χ0n) is 8.57. The Morgan fingerprint density at radius 1 is 1.62 bits per heavy atom. The summed E-state index contributed by atoms with van der Waals surface area (Å²) in [6, 6.07) is 3.63. The van der Waals surface area contributed by atoms with Crippen LogP contribution in [0.1, 0.15) is 18.0 Å². The number of halogens is 3. The number of nitrogens with two attached hydrogens (primary N) is 1. The van der Waals surface area contributed by atoms with Crippen LogP contribution in [0.3, 0.4) is 0 Å². The second-order valence-corrected chi connectivity index (χ2v) is 3.47. The summed E-state index contributed by atoms with van der Waals surface area (Å²) in [5, 5.41) is 0.0315. The minimum atomic E-state index is -0.579. The fourth-order valence-corrected chi connectivity index (χ4v) is 1.24. The lowest BCUT2D eigenvalue weighted by Crippen LogP contribution is -2.16. The van der Waals surface area contributed by atoms with Crippen molar-refractivity contribution in [1.29, 1.82) is 0 Å². The molecule has 16 heavy (non-hydrogen) atoms. The molecule has 1 rings (SSSR count). The van der Waals surface area contributed by atoms with Crippen LogP contribution in [0.5, 0.6) is 0 Å². The summed E-state index contributed by atoms with van der Waals surface area (Å²) < 4.78 is 17.5. The maximum Gasteiger partial charge on any atom is 0.307 e. The number of methoxy groups -OCH3 is 1. The largest absolute Gasteiger partial charge is 0.469 e. The van der Waals surface area contributed by atoms with Crippen LogP contribution in [0.15, 0.2) is 18.2 Å². The minimum Gasteiger partial charge on any atom is -0.469 e. The number of carbonyl (C=O) groups excluding carboxylic acids is 1. The molecule has 0 bridgehead atoms. The summed E-state index contributed by atoms with van der Waals surface area (Å²) in [5.41, 5.74) is 6.20. The van der Waals surface area contributed by atoms with E-state index in [-0.39, 0.29) is 23.9 Å². The van der Waals surface area contributed by atoms with E-state index in [1.54, 1.807) is 6.07 Å². The van der Waals surface area contributed by atoms with Gasteiger partial charge in [0.05, 0.1) is 18.6 Å². The van der Waals surface area contributed by atoms with Gasteiger partial charge >= 0.3 is 5.97 Å². The molecule has 2 N–H and O–H groups in total. The molecule has 0 spiro atoms. The lowest BCUT2D eigenvalue weighted by molar-refractivity contribution is -0.141. The van der Waals surface area contributed by atoms with Crippen LogP contribution < -0.4 is 5.73 Å². The number of hydrogen-bond acceptors (Lipinski definition) is 3. The van der Waals surface area contributed by atoms with Crippen LogP contribution in [0, 0.1) is 5.82 Å². The maximum atomic E-state index is 13.1. The first-order chi connectivity index (χ1) is 7.04. The van der Waals surface area contributed by atoms with Crippen LogP contribution in [0.4, 0.5) is 4.39 Å². The number of esters is 1. The topological polar surface area (TPSA) is 52.3 Å². The predicted octanol–water partition coefficient (Wildman–Crippen LogP) is 2.46. The highest BCUT2D eigenvalue weighted by Crippen LogP contribution is 2.20. The van der Waals surface area contributed by atoms with Crippen molar-refractivity contribution < 1.29 is 13.9 Å². The number of carbonyl (C=O) groups is 1. The summed E-state index contributed by atoms with van der Waals surface area (Å²) in [6.45, 7) is 0. The van der Waals surface area contributed by atoms with Crippen LogP contribution in [0.25, 0.3) is 0 Å². The number of hydrogen-bond donors (Lipinski definition) is 1. The Bertz CT molecular complexity index is 374. The van der Waals surface area contributed by atoms with Gasteiger partial charge in [0.2, 0.25) is 0 Å². The molecule has 1 atom stereocenters. The fourth-order valence-electron chi connectivity index (χ4n) is 1.12. The van der Waals surface area contributed by atoms with E-state index in [9.17, 15) is 9.18 Å². The van der Waals surface area contributed by atoms with Gasteiger partial charge in [-0.1, -0.05) is 17.7 Å². The summed E-state index contributed by atoms with van der Waals surface area (Å²) >= 11 is 5.51. The van der Waals surface area contributed by atoms with Gasteiger partial charge in [-0.3, -0.25) is 4.79 Å². The van der Waals surface area contributed by atoms with Crippen molar-refractivity contribution in [2.45, 2.75) is 12.5 Å². The fraction of sp³-hybridized carbons (Fsp3) is 0.300. The van der Waals surface area contributed by atoms with Crippen LogP contribution in [0.2, 0.25) is 5.02 Å². The van der Waals surface area contributed by atoms with E-state index in [2.05, 4.69) is 4.74 Å². The van der Waals surface area contributed by atoms with E-state index < -0.39 is 17.8 Å². The molecule has 0 saturated heterocycles. The van der Waals surface area contributed by atoms with Crippen molar-refractivity contribution in [3.8, 4) is 0 Å². The molecule has 0 fully saturated rings. The second kappa shape index (κ2) is 6.68. The molecular weight excluding hydrogens is 256 g/mol. The standard InChI is InChI=1S/C10H11ClFNO2.ClH/c1-15-10(14)5-9(13)6-2-3-7(11)8(12)4-6;/h2-4,9H,5,13H2,1H3;1H/t9-;/m1./s1. The summed E-state index contributed by atoms with van der Waals surface area (Å²) in [5.74, 6) is -0.979. The SMILES string of the molecule is COC(=O)C[C@@H](N)c1ccc(Cl)c(F)c1.Cl. The molecule has 6 heteroatoms. The molecule has 0 unspecified atom stereocenters. The monoisotopic (exact) mass is 267 g/mol. The normalized spacial score (nSPS) is 11.5. The van der Waals surface area contributed by atoms with Gasteiger partial charge in [-0.05, 0) is 17.7 Å². The Balaban J connectivity index is 0.00000225.